The second-order valence-corrected chi connectivity index (χ2v) is 4.42. The predicted molar refractivity (Wildman–Crippen MR) is 77.0 cm³/mol. The summed E-state index contributed by atoms with van der Waals surface area (Å²) >= 11 is 0. The van der Waals surface area contributed by atoms with E-state index >= 15 is 0 Å². The average Bonchev–Trinajstić information content (AvgIpc) is 2.43. The Balaban J connectivity index is 2.92. The number of methoxy groups -OCH3 is 1. The number of ether oxygens (including phenoxy) is 2. The van der Waals surface area contributed by atoms with Crippen LogP contribution < -0.4 is 16.2 Å². The van der Waals surface area contributed by atoms with E-state index in [4.69, 9.17) is 16.9 Å². The van der Waals surface area contributed by atoms with E-state index in [1.807, 2.05) is 0 Å². The van der Waals surface area contributed by atoms with Gasteiger partial charge in [-0.05, 0) is 6.92 Å². The molecule has 1 rings (SSSR count). The Labute approximate surface area is 130 Å². The lowest BCUT2D eigenvalue weighted by Gasteiger charge is -2.09. The van der Waals surface area contributed by atoms with Gasteiger partial charge >= 0.3 is 5.97 Å². The van der Waals surface area contributed by atoms with Gasteiger partial charge in [0.05, 0.1) is 12.7 Å². The fourth-order valence-electron chi connectivity index (χ4n) is 1.70. The van der Waals surface area contributed by atoms with Crippen molar-refractivity contribution in [3.63, 3.8) is 0 Å². The first-order chi connectivity index (χ1) is 10.7. The van der Waals surface area contributed by atoms with Crippen molar-refractivity contribution in [2.75, 3.05) is 13.7 Å². The molecular weight excluding hydrogens is 312 g/mol. The molecule has 0 radical (unpaired) electrons. The summed E-state index contributed by atoms with van der Waals surface area (Å²) in [5.41, 5.74) is 8.91. The first-order valence-corrected chi connectivity index (χ1v) is 6.23. The lowest BCUT2D eigenvalue weighted by Crippen LogP contribution is -2.25. The van der Waals surface area contributed by atoms with Crippen LogP contribution >= 0.6 is 0 Å². The molecule has 0 aliphatic rings. The normalized spacial score (nSPS) is 9.91. The summed E-state index contributed by atoms with van der Waals surface area (Å²) in [6, 6.07) is 1.64. The molecule has 1 aromatic carbocycles. The Hall–Kier alpha value is -2.97. The number of nitrogens with two attached hydrogens (primary N) is 2. The summed E-state index contributed by atoms with van der Waals surface area (Å²) in [6.45, 7) is 0.296. The van der Waals surface area contributed by atoms with Crippen LogP contribution in [-0.2, 0) is 9.53 Å². The van der Waals surface area contributed by atoms with E-state index in [0.717, 1.165) is 12.1 Å². The summed E-state index contributed by atoms with van der Waals surface area (Å²) in [4.78, 5) is 23.5. The van der Waals surface area contributed by atoms with Gasteiger partial charge in [0.15, 0.2) is 6.61 Å². The molecule has 0 aromatic heterocycles. The molecule has 0 saturated carbocycles. The lowest BCUT2D eigenvalue weighted by molar-refractivity contribution is -0.137. The summed E-state index contributed by atoms with van der Waals surface area (Å²) in [5.74, 6) is -5.11. The van der Waals surface area contributed by atoms with Gasteiger partial charge in [0.1, 0.15) is 28.8 Å². The first kappa shape index (κ1) is 18.1. The molecule has 0 fully saturated rings. The van der Waals surface area contributed by atoms with Gasteiger partial charge < -0.3 is 26.4 Å². The number of Topliss-reactive ketones (excluding diaryl/α,β-unsaturated/α-hetero) is 1. The Morgan fingerprint density at radius 2 is 1.74 bits per heavy atom. The molecule has 0 heterocycles. The Morgan fingerprint density at radius 3 is 2.13 bits per heavy atom. The van der Waals surface area contributed by atoms with Gasteiger partial charge in [0, 0.05) is 17.8 Å². The van der Waals surface area contributed by atoms with Crippen LogP contribution in [0.3, 0.4) is 0 Å². The third-order valence-electron chi connectivity index (χ3n) is 2.73. The summed E-state index contributed by atoms with van der Waals surface area (Å²) in [6.07, 6.45) is 0. The highest BCUT2D eigenvalue weighted by Crippen LogP contribution is 2.21. The van der Waals surface area contributed by atoms with Crippen molar-refractivity contribution in [1.82, 2.24) is 0 Å². The third kappa shape index (κ3) is 4.25. The minimum Gasteiger partial charge on any atom is -0.497 e. The first-order valence-electron chi connectivity index (χ1n) is 6.23. The van der Waals surface area contributed by atoms with Crippen LogP contribution in [0.4, 0.5) is 8.78 Å². The van der Waals surface area contributed by atoms with Crippen LogP contribution in [0.2, 0.25) is 0 Å². The minimum atomic E-state index is -1.15. The van der Waals surface area contributed by atoms with Crippen molar-refractivity contribution in [3.8, 4) is 5.75 Å². The third-order valence-corrected chi connectivity index (χ3v) is 2.73. The zero-order chi connectivity index (χ0) is 17.7. The van der Waals surface area contributed by atoms with Gasteiger partial charge in [0.2, 0.25) is 5.78 Å². The number of esters is 1. The molecule has 23 heavy (non-hydrogen) atoms. The van der Waals surface area contributed by atoms with Crippen LogP contribution in [0.1, 0.15) is 17.3 Å². The molecule has 1 aromatic rings. The smallest absolute Gasteiger partial charge is 0.344 e. The monoisotopic (exact) mass is 327 g/mol. The molecule has 7 nitrogen and oxygen atoms in total. The fourth-order valence-corrected chi connectivity index (χ4v) is 1.70. The molecule has 5 N–H and O–H groups in total. The van der Waals surface area contributed by atoms with Gasteiger partial charge in [-0.25, -0.2) is 13.6 Å². The number of hydrogen-bond acceptors (Lipinski definition) is 7. The predicted octanol–water partition coefficient (Wildman–Crippen LogP) is 0.868. The highest BCUT2D eigenvalue weighted by Gasteiger charge is 2.22. The number of carbonyl (C=O) groups excluding carboxylic acids is 2. The zero-order valence-electron chi connectivity index (χ0n) is 12.4. The number of halogens is 2. The van der Waals surface area contributed by atoms with Crippen molar-refractivity contribution in [3.05, 3.63) is 40.7 Å². The number of ketones is 1. The van der Waals surface area contributed by atoms with E-state index < -0.39 is 47.0 Å². The van der Waals surface area contributed by atoms with Crippen LogP contribution in [0.15, 0.2) is 23.5 Å². The van der Waals surface area contributed by atoms with Gasteiger partial charge in [-0.1, -0.05) is 0 Å². The maximum Gasteiger partial charge on any atom is 0.344 e. The standard InChI is InChI=1S/C14H15F2N3O4/c1-6(17)11(13(18)19)14(21)23-5-10(20)12-8(15)3-7(22-2)4-9(12)16/h3-4,17H,5,18-19H2,1-2H3. The average molecular weight is 327 g/mol. The highest BCUT2D eigenvalue weighted by molar-refractivity contribution is 6.18. The second kappa shape index (κ2) is 7.34. The van der Waals surface area contributed by atoms with Crippen molar-refractivity contribution in [2.24, 2.45) is 11.5 Å². The van der Waals surface area contributed by atoms with Crippen LogP contribution in [-0.4, -0.2) is 31.2 Å². The largest absolute Gasteiger partial charge is 0.497 e. The van der Waals surface area contributed by atoms with E-state index in [-0.39, 0.29) is 11.5 Å². The maximum absolute atomic E-state index is 13.7. The van der Waals surface area contributed by atoms with E-state index in [1.54, 1.807) is 0 Å². The van der Waals surface area contributed by atoms with E-state index in [2.05, 4.69) is 9.47 Å². The van der Waals surface area contributed by atoms with Crippen molar-refractivity contribution in [1.29, 1.82) is 5.41 Å². The van der Waals surface area contributed by atoms with Gasteiger partial charge in [0.25, 0.3) is 0 Å². The van der Waals surface area contributed by atoms with Crippen LogP contribution in [0.25, 0.3) is 0 Å². The second-order valence-electron chi connectivity index (χ2n) is 4.42. The molecule has 0 spiro atoms. The zero-order valence-corrected chi connectivity index (χ0v) is 12.4. The van der Waals surface area contributed by atoms with Gasteiger partial charge in [-0.15, -0.1) is 0 Å². The number of carbonyl (C=O) groups is 2. The molecular formula is C14H15F2N3O4. The van der Waals surface area contributed by atoms with Crippen LogP contribution in [0.5, 0.6) is 5.75 Å². The molecule has 0 atom stereocenters. The van der Waals surface area contributed by atoms with E-state index in [9.17, 15) is 18.4 Å². The number of benzene rings is 1. The Kier molecular flexibility index (Phi) is 5.77. The SMILES string of the molecule is COc1cc(F)c(C(=O)COC(=O)C(C(C)=N)=C(N)N)c(F)c1. The molecule has 0 bridgehead atoms. The molecule has 0 unspecified atom stereocenters. The van der Waals surface area contributed by atoms with E-state index in [0.29, 0.717) is 0 Å². The number of rotatable bonds is 6. The summed E-state index contributed by atoms with van der Waals surface area (Å²) in [7, 11) is 1.21. The maximum atomic E-state index is 13.7. The lowest BCUT2D eigenvalue weighted by atomic mass is 10.1. The van der Waals surface area contributed by atoms with Crippen molar-refractivity contribution >= 4 is 17.5 Å². The number of nitrogens with one attached hydrogen (secondary N) is 1. The quantitative estimate of drug-likeness (QED) is 0.308. The highest BCUT2D eigenvalue weighted by atomic mass is 19.1. The summed E-state index contributed by atoms with van der Waals surface area (Å²) in [5, 5.41) is 7.34. The minimum absolute atomic E-state index is 0.103. The molecule has 9 heteroatoms. The van der Waals surface area contributed by atoms with Crippen LogP contribution in [0, 0.1) is 17.0 Å². The molecule has 0 saturated heterocycles. The van der Waals surface area contributed by atoms with Crippen molar-refractivity contribution < 1.29 is 27.8 Å². The molecule has 124 valence electrons. The topological polar surface area (TPSA) is 128 Å². The molecule has 0 aliphatic carbocycles. The number of hydrogen-bond donors (Lipinski definition) is 3. The fraction of sp³-hybridized carbons (Fsp3) is 0.214. The Bertz CT molecular complexity index is 674. The molecule has 0 amide bonds. The molecule has 0 aliphatic heterocycles. The van der Waals surface area contributed by atoms with Gasteiger partial charge in [-0.2, -0.15) is 0 Å². The van der Waals surface area contributed by atoms with E-state index in [1.165, 1.54) is 14.0 Å². The summed E-state index contributed by atoms with van der Waals surface area (Å²) < 4.78 is 36.7. The van der Waals surface area contributed by atoms with Crippen molar-refractivity contribution in [2.45, 2.75) is 6.92 Å². The Morgan fingerprint density at radius 1 is 1.22 bits per heavy atom. The van der Waals surface area contributed by atoms with Gasteiger partial charge in [-0.3, -0.25) is 4.79 Å².